The van der Waals surface area contributed by atoms with Crippen LogP contribution in [0.2, 0.25) is 0 Å². The van der Waals surface area contributed by atoms with Gasteiger partial charge in [-0.1, -0.05) is 39.1 Å². The molecular weight excluding hydrogens is 1060 g/mol. The summed E-state index contributed by atoms with van der Waals surface area (Å²) in [4.78, 5) is 24.1. The summed E-state index contributed by atoms with van der Waals surface area (Å²) < 4.78 is 146. The number of esters is 2. The van der Waals surface area contributed by atoms with E-state index in [1.165, 1.54) is 54.3 Å². The summed E-state index contributed by atoms with van der Waals surface area (Å²) in [6, 6.07) is 36.4. The SMILES string of the molecule is C.C.N#Cc1ccc(-c2ccc(OCOCC3CS3)cc2)cc1.O=C(Oc1ccc(OC(F)(F)F)c(F)c1)c1ccc(OCOCC2CO2)cc1.O=C(Oc1ccc(OC(F)(F)F)cc1)c1ccc(OCOCC2CO2)cc1. The number of nitrogens with zero attached hydrogens (tertiary/aromatic N) is 1. The van der Waals surface area contributed by atoms with Crippen LogP contribution in [0.25, 0.3) is 11.1 Å². The number of alkyl halides is 6. The fourth-order valence-corrected chi connectivity index (χ4v) is 6.43. The molecule has 0 amide bonds. The number of hydrogen-bond acceptors (Lipinski definition) is 16. The van der Waals surface area contributed by atoms with E-state index in [2.05, 4.69) is 15.5 Å². The van der Waals surface area contributed by atoms with Crippen molar-refractivity contribution in [3.8, 4) is 57.4 Å². The van der Waals surface area contributed by atoms with Gasteiger partial charge in [-0.15, -0.1) is 26.3 Å². The number of hydrogen-bond donors (Lipinski definition) is 0. The number of nitriles is 1. The number of rotatable bonds is 22. The molecule has 0 saturated carbocycles. The van der Waals surface area contributed by atoms with Gasteiger partial charge in [0.25, 0.3) is 0 Å². The molecule has 3 atom stereocenters. The van der Waals surface area contributed by atoms with Crippen LogP contribution in [0.4, 0.5) is 30.7 Å². The van der Waals surface area contributed by atoms with Crippen LogP contribution in [0.5, 0.6) is 40.2 Å². The molecule has 6 aromatic carbocycles. The molecule has 78 heavy (non-hydrogen) atoms. The van der Waals surface area contributed by atoms with Crippen molar-refractivity contribution >= 4 is 23.7 Å². The minimum absolute atomic E-state index is 0. The van der Waals surface area contributed by atoms with Crippen LogP contribution in [-0.4, -0.2) is 101 Å². The van der Waals surface area contributed by atoms with Crippen LogP contribution >= 0.6 is 11.8 Å². The van der Waals surface area contributed by atoms with Crippen LogP contribution in [0.15, 0.2) is 140 Å². The molecule has 9 rings (SSSR count). The van der Waals surface area contributed by atoms with Gasteiger partial charge in [0.1, 0.15) is 46.7 Å². The Hall–Kier alpha value is -7.59. The molecule has 15 nitrogen and oxygen atoms in total. The number of epoxide rings is 2. The predicted octanol–water partition coefficient (Wildman–Crippen LogP) is 12.2. The lowest BCUT2D eigenvalue weighted by Gasteiger charge is -2.11. The smallest absolute Gasteiger partial charge is 0.468 e. The number of ether oxygens (including phenoxy) is 12. The first-order valence-corrected chi connectivity index (χ1v) is 23.7. The maximum Gasteiger partial charge on any atom is 0.573 e. The molecule has 3 heterocycles. The van der Waals surface area contributed by atoms with Crippen molar-refractivity contribution < 1.29 is 97.2 Å². The van der Waals surface area contributed by atoms with Crippen LogP contribution in [0.3, 0.4) is 0 Å². The third kappa shape index (κ3) is 22.6. The van der Waals surface area contributed by atoms with E-state index in [9.17, 15) is 40.3 Å². The van der Waals surface area contributed by atoms with Gasteiger partial charge >= 0.3 is 24.7 Å². The summed E-state index contributed by atoms with van der Waals surface area (Å²) in [6.07, 6.45) is -9.53. The summed E-state index contributed by atoms with van der Waals surface area (Å²) in [6.45, 7) is 3.45. The normalized spacial score (nSPS) is 15.5. The quantitative estimate of drug-likeness (QED) is 0.0157. The standard InChI is InChI=1S/C18H14F4O6.C18H15F3O6.C17H15NO2S.2CH4/c19-15-7-13(5-6-16(15)28-18(20,21)22)27-17(23)11-1-3-12(4-2-11)26-10-24-8-14-9-25-14;19-18(20,21)27-15-7-5-14(6-8-15)26-17(22)12-1-3-13(4-2-12)25-11-23-9-16-10-24-16;18-9-13-1-3-14(4-2-13)15-5-7-16(8-6-15)20-12-19-10-17-11-21-17;;/h1-7,14H,8-10H2;1-8,16H,9-11H2;1-8,17H,10-12H2;2*1H4. The third-order valence-electron chi connectivity index (χ3n) is 10.0. The first-order chi connectivity index (χ1) is 36.5. The van der Waals surface area contributed by atoms with E-state index >= 15 is 0 Å². The van der Waals surface area contributed by atoms with Crippen LogP contribution in [-0.2, 0) is 23.7 Å². The van der Waals surface area contributed by atoms with Crippen LogP contribution < -0.4 is 33.2 Å². The zero-order valence-electron chi connectivity index (χ0n) is 39.6. The highest BCUT2D eigenvalue weighted by molar-refractivity contribution is 8.06. The van der Waals surface area contributed by atoms with Gasteiger partial charge in [-0.05, 0) is 120 Å². The number of halogens is 7. The molecule has 0 spiro atoms. The number of thioether (sulfide) groups is 1. The lowest BCUT2D eigenvalue weighted by molar-refractivity contribution is -0.276. The monoisotopic (exact) mass is 1120 g/mol. The van der Waals surface area contributed by atoms with E-state index < -0.39 is 42.0 Å². The third-order valence-corrected chi connectivity index (χ3v) is 11.0. The summed E-state index contributed by atoms with van der Waals surface area (Å²) >= 11 is 1.92. The Kier molecular flexibility index (Phi) is 23.4. The minimum Gasteiger partial charge on any atom is -0.468 e. The predicted molar refractivity (Wildman–Crippen MR) is 269 cm³/mol. The van der Waals surface area contributed by atoms with Gasteiger partial charge < -0.3 is 56.8 Å². The summed E-state index contributed by atoms with van der Waals surface area (Å²) in [5.74, 6) is -1.43. The summed E-state index contributed by atoms with van der Waals surface area (Å²) in [7, 11) is 0. The highest BCUT2D eigenvalue weighted by Gasteiger charge is 2.33. The van der Waals surface area contributed by atoms with Crippen molar-refractivity contribution in [2.75, 3.05) is 59.2 Å². The average Bonchev–Trinajstić information content (AvgIpc) is 4.25. The lowest BCUT2D eigenvalue weighted by Crippen LogP contribution is -2.18. The molecule has 416 valence electrons. The molecule has 3 saturated heterocycles. The molecule has 6 aromatic rings. The maximum absolute atomic E-state index is 13.6. The van der Waals surface area contributed by atoms with Gasteiger partial charge in [0.15, 0.2) is 31.9 Å². The molecule has 3 aliphatic rings. The lowest BCUT2D eigenvalue weighted by atomic mass is 10.0. The van der Waals surface area contributed by atoms with E-state index in [1.54, 1.807) is 12.1 Å². The molecule has 3 unspecified atom stereocenters. The zero-order valence-corrected chi connectivity index (χ0v) is 40.4. The Morgan fingerprint density at radius 2 is 0.923 bits per heavy atom. The Balaban J connectivity index is 0.000000215. The van der Waals surface area contributed by atoms with Gasteiger partial charge in [-0.2, -0.15) is 17.0 Å². The number of carbonyl (C=O) groups excluding carboxylic acids is 2. The number of benzene rings is 6. The van der Waals surface area contributed by atoms with Gasteiger partial charge in [-0.3, -0.25) is 0 Å². The molecule has 0 aromatic heterocycles. The summed E-state index contributed by atoms with van der Waals surface area (Å²) in [5.41, 5.74) is 3.25. The van der Waals surface area contributed by atoms with Crippen molar-refractivity contribution in [2.45, 2.75) is 45.0 Å². The van der Waals surface area contributed by atoms with Gasteiger partial charge in [0, 0.05) is 17.1 Å². The average molecular weight is 1120 g/mol. The second kappa shape index (κ2) is 29.8. The van der Waals surface area contributed by atoms with Gasteiger partial charge in [0.2, 0.25) is 0 Å². The molecule has 0 aliphatic carbocycles. The topological polar surface area (TPSA) is 175 Å². The zero-order chi connectivity index (χ0) is 53.9. The fourth-order valence-electron chi connectivity index (χ4n) is 6.01. The molecule has 0 radical (unpaired) electrons. The van der Waals surface area contributed by atoms with Crippen molar-refractivity contribution in [1.29, 1.82) is 5.26 Å². The fraction of sp³-hybridized carbons (Fsp3) is 0.291. The minimum atomic E-state index is -5.03. The van der Waals surface area contributed by atoms with Gasteiger partial charge in [-0.25, -0.2) is 14.0 Å². The van der Waals surface area contributed by atoms with E-state index in [1.807, 2.05) is 60.3 Å². The van der Waals surface area contributed by atoms with Crippen molar-refractivity contribution in [1.82, 2.24) is 0 Å². The molecular formula is C55H52F7NO14S. The van der Waals surface area contributed by atoms with E-state index in [0.29, 0.717) is 61.6 Å². The van der Waals surface area contributed by atoms with E-state index in [0.717, 1.165) is 47.7 Å². The van der Waals surface area contributed by atoms with E-state index in [4.69, 9.17) is 52.6 Å². The van der Waals surface area contributed by atoms with Crippen LogP contribution in [0.1, 0.15) is 41.1 Å². The Morgan fingerprint density at radius 1 is 0.538 bits per heavy atom. The summed E-state index contributed by atoms with van der Waals surface area (Å²) in [5, 5.41) is 9.47. The van der Waals surface area contributed by atoms with Crippen LogP contribution in [0, 0.1) is 17.1 Å². The Bertz CT molecular complexity index is 2820. The largest absolute Gasteiger partial charge is 0.573 e. The molecule has 3 aliphatic heterocycles. The molecule has 3 fully saturated rings. The first kappa shape index (κ1) is 61.3. The molecule has 23 heteroatoms. The maximum atomic E-state index is 13.6. The van der Waals surface area contributed by atoms with Crippen molar-refractivity contribution in [3.05, 3.63) is 162 Å². The highest BCUT2D eigenvalue weighted by atomic mass is 32.2. The first-order valence-electron chi connectivity index (χ1n) is 22.7. The van der Waals surface area contributed by atoms with Crippen molar-refractivity contribution in [2.24, 2.45) is 0 Å². The highest BCUT2D eigenvalue weighted by Crippen LogP contribution is 2.31. The Morgan fingerprint density at radius 3 is 1.33 bits per heavy atom. The molecule has 0 N–H and O–H groups in total. The van der Waals surface area contributed by atoms with Gasteiger partial charge in [0.05, 0.1) is 55.8 Å². The Labute approximate surface area is 448 Å². The molecule has 0 bridgehead atoms. The number of carbonyl (C=O) groups is 2. The van der Waals surface area contributed by atoms with E-state index in [-0.39, 0.29) is 63.3 Å². The second-order valence-corrected chi connectivity index (χ2v) is 17.3. The second-order valence-electron chi connectivity index (χ2n) is 16.0. The van der Waals surface area contributed by atoms with Crippen molar-refractivity contribution in [3.63, 3.8) is 0 Å².